The highest BCUT2D eigenvalue weighted by molar-refractivity contribution is 5.73. The largest absolute Gasteiger partial charge is 0.279 e. The quantitative estimate of drug-likeness (QED) is 0.725. The molecule has 1 aromatic rings. The van der Waals surface area contributed by atoms with Crippen LogP contribution < -0.4 is 5.84 Å². The lowest BCUT2D eigenvalue weighted by Crippen LogP contribution is -2.31. The van der Waals surface area contributed by atoms with Crippen LogP contribution >= 0.6 is 0 Å². The third kappa shape index (κ3) is 1.68. The summed E-state index contributed by atoms with van der Waals surface area (Å²) in [5.41, 5.74) is 5.27. The predicted octanol–water partition coefficient (Wildman–Crippen LogP) is 3.07. The van der Waals surface area contributed by atoms with Crippen LogP contribution in [0.4, 0.5) is 0 Å². The summed E-state index contributed by atoms with van der Waals surface area (Å²) in [6, 6.07) is 10.1. The zero-order valence-electron chi connectivity index (χ0n) is 9.70. The number of allylic oxidation sites excluding steroid dienone is 3. The van der Waals surface area contributed by atoms with Gasteiger partial charge in [-0.1, -0.05) is 43.0 Å². The van der Waals surface area contributed by atoms with E-state index in [1.807, 2.05) is 25.1 Å². The van der Waals surface area contributed by atoms with Gasteiger partial charge in [-0.3, -0.25) is 5.01 Å². The third-order valence-electron chi connectivity index (χ3n) is 2.84. The molecule has 0 aliphatic carbocycles. The minimum Gasteiger partial charge on any atom is -0.279 e. The van der Waals surface area contributed by atoms with E-state index >= 15 is 0 Å². The predicted molar refractivity (Wildman–Crippen MR) is 68.0 cm³/mol. The van der Waals surface area contributed by atoms with E-state index < -0.39 is 0 Å². The van der Waals surface area contributed by atoms with Crippen LogP contribution in [0.1, 0.15) is 19.4 Å². The molecule has 0 amide bonds. The summed E-state index contributed by atoms with van der Waals surface area (Å²) in [6.07, 6.45) is 2.12. The Morgan fingerprint density at radius 3 is 2.38 bits per heavy atom. The molecule has 0 saturated heterocycles. The Labute approximate surface area is 96.3 Å². The molecule has 82 valence electrons. The van der Waals surface area contributed by atoms with Gasteiger partial charge in [0.25, 0.3) is 0 Å². The first-order valence-corrected chi connectivity index (χ1v) is 5.30. The molecule has 0 fully saturated rings. The van der Waals surface area contributed by atoms with Crippen LogP contribution in [0, 0.1) is 0 Å². The van der Waals surface area contributed by atoms with Crippen molar-refractivity contribution in [3.63, 3.8) is 0 Å². The van der Waals surface area contributed by atoms with Crippen molar-refractivity contribution in [3.05, 3.63) is 65.4 Å². The molecule has 0 saturated carbocycles. The number of rotatable bonds is 1. The normalized spacial score (nSPS) is 16.6. The number of hydrazine groups is 1. The molecule has 2 heteroatoms. The zero-order valence-corrected chi connectivity index (χ0v) is 9.70. The van der Waals surface area contributed by atoms with E-state index in [4.69, 9.17) is 5.84 Å². The van der Waals surface area contributed by atoms with Crippen molar-refractivity contribution in [3.8, 4) is 0 Å². The van der Waals surface area contributed by atoms with E-state index in [1.54, 1.807) is 5.01 Å². The Balaban J connectivity index is 2.55. The monoisotopic (exact) mass is 212 g/mol. The Hall–Kier alpha value is -1.80. The second-order valence-electron chi connectivity index (χ2n) is 4.04. The van der Waals surface area contributed by atoms with Gasteiger partial charge in [-0.15, -0.1) is 0 Å². The molecule has 0 spiro atoms. The van der Waals surface area contributed by atoms with Gasteiger partial charge in [-0.05, 0) is 30.6 Å². The minimum absolute atomic E-state index is 0.851. The summed E-state index contributed by atoms with van der Waals surface area (Å²) < 4.78 is 0. The first kappa shape index (κ1) is 10.7. The molecule has 1 aromatic carbocycles. The molecular formula is C14H16N2. The second kappa shape index (κ2) is 3.99. The molecule has 1 aliphatic heterocycles. The van der Waals surface area contributed by atoms with Gasteiger partial charge in [-0.25, -0.2) is 5.84 Å². The molecule has 2 nitrogen and oxygen atoms in total. The van der Waals surface area contributed by atoms with Crippen LogP contribution in [0.25, 0.3) is 5.70 Å². The van der Waals surface area contributed by atoms with Crippen molar-refractivity contribution < 1.29 is 0 Å². The molecule has 2 rings (SSSR count). The van der Waals surface area contributed by atoms with E-state index in [2.05, 4.69) is 31.7 Å². The molecule has 0 bridgehead atoms. The molecule has 1 heterocycles. The zero-order chi connectivity index (χ0) is 11.7. The van der Waals surface area contributed by atoms with Crippen molar-refractivity contribution in [1.82, 2.24) is 5.01 Å². The summed E-state index contributed by atoms with van der Waals surface area (Å²) in [5.74, 6) is 6.07. The highest BCUT2D eigenvalue weighted by atomic mass is 15.4. The minimum atomic E-state index is 0.851. The number of hydrogen-bond donors (Lipinski definition) is 1. The molecule has 16 heavy (non-hydrogen) atoms. The number of nitrogens with two attached hydrogens (primary N) is 1. The van der Waals surface area contributed by atoms with E-state index in [0.29, 0.717) is 0 Å². The van der Waals surface area contributed by atoms with E-state index in [0.717, 1.165) is 22.5 Å². The maximum Gasteiger partial charge on any atom is 0.0676 e. The maximum absolute atomic E-state index is 6.07. The summed E-state index contributed by atoms with van der Waals surface area (Å²) in [6.45, 7) is 8.07. The third-order valence-corrected chi connectivity index (χ3v) is 2.84. The van der Waals surface area contributed by atoms with Gasteiger partial charge in [0.2, 0.25) is 0 Å². The van der Waals surface area contributed by atoms with Gasteiger partial charge in [0.15, 0.2) is 0 Å². The SMILES string of the molecule is C=C1C(C)=CC(C)=C(c2ccccc2)N1N. The van der Waals surface area contributed by atoms with Gasteiger partial charge >= 0.3 is 0 Å². The Morgan fingerprint density at radius 2 is 1.75 bits per heavy atom. The maximum atomic E-state index is 6.07. The first-order chi connectivity index (χ1) is 7.61. The van der Waals surface area contributed by atoms with Crippen molar-refractivity contribution in [2.24, 2.45) is 5.84 Å². The van der Waals surface area contributed by atoms with Gasteiger partial charge in [0, 0.05) is 0 Å². The first-order valence-electron chi connectivity index (χ1n) is 5.30. The number of benzene rings is 1. The number of hydrogen-bond acceptors (Lipinski definition) is 2. The van der Waals surface area contributed by atoms with Crippen molar-refractivity contribution in [2.45, 2.75) is 13.8 Å². The smallest absolute Gasteiger partial charge is 0.0676 e. The van der Waals surface area contributed by atoms with Crippen LogP contribution in [0.5, 0.6) is 0 Å². The molecule has 1 aliphatic rings. The topological polar surface area (TPSA) is 29.3 Å². The van der Waals surface area contributed by atoms with Gasteiger partial charge in [-0.2, -0.15) is 0 Å². The highest BCUT2D eigenvalue weighted by Gasteiger charge is 2.18. The van der Waals surface area contributed by atoms with E-state index in [9.17, 15) is 0 Å². The van der Waals surface area contributed by atoms with Crippen LogP contribution in [0.15, 0.2) is 59.8 Å². The Morgan fingerprint density at radius 1 is 1.12 bits per heavy atom. The van der Waals surface area contributed by atoms with Crippen LogP contribution in [0.2, 0.25) is 0 Å². The summed E-state index contributed by atoms with van der Waals surface area (Å²) >= 11 is 0. The molecule has 0 unspecified atom stereocenters. The van der Waals surface area contributed by atoms with Crippen LogP contribution in [-0.2, 0) is 0 Å². The van der Waals surface area contributed by atoms with Crippen molar-refractivity contribution in [2.75, 3.05) is 0 Å². The van der Waals surface area contributed by atoms with Crippen molar-refractivity contribution in [1.29, 1.82) is 0 Å². The van der Waals surface area contributed by atoms with E-state index in [1.165, 1.54) is 5.57 Å². The fourth-order valence-corrected chi connectivity index (χ4v) is 1.95. The molecule has 0 atom stereocenters. The lowest BCUT2D eigenvalue weighted by molar-refractivity contribution is 0.521. The second-order valence-corrected chi connectivity index (χ2v) is 4.04. The lowest BCUT2D eigenvalue weighted by atomic mass is 9.99. The van der Waals surface area contributed by atoms with Crippen molar-refractivity contribution >= 4 is 5.70 Å². The fourth-order valence-electron chi connectivity index (χ4n) is 1.95. The standard InChI is InChI=1S/C14H16N2/c1-10-9-11(2)14(16(15)12(10)3)13-7-5-4-6-8-13/h4-9H,3,15H2,1-2H3. The summed E-state index contributed by atoms with van der Waals surface area (Å²) in [5, 5.41) is 1.67. The van der Waals surface area contributed by atoms with Gasteiger partial charge < -0.3 is 0 Å². The lowest BCUT2D eigenvalue weighted by Gasteiger charge is -2.30. The Bertz CT molecular complexity index is 481. The number of nitrogens with zero attached hydrogens (tertiary/aromatic N) is 1. The fraction of sp³-hybridized carbons (Fsp3) is 0.143. The van der Waals surface area contributed by atoms with Gasteiger partial charge in [0.1, 0.15) is 0 Å². The molecule has 0 radical (unpaired) electrons. The molecule has 2 N–H and O–H groups in total. The van der Waals surface area contributed by atoms with E-state index in [-0.39, 0.29) is 0 Å². The summed E-state index contributed by atoms with van der Waals surface area (Å²) in [4.78, 5) is 0. The summed E-state index contributed by atoms with van der Waals surface area (Å²) in [7, 11) is 0. The Kier molecular flexibility index (Phi) is 2.67. The highest BCUT2D eigenvalue weighted by Crippen LogP contribution is 2.31. The average Bonchev–Trinajstić information content (AvgIpc) is 2.28. The molecular weight excluding hydrogens is 196 g/mol. The van der Waals surface area contributed by atoms with Crippen LogP contribution in [-0.4, -0.2) is 5.01 Å². The van der Waals surface area contributed by atoms with Crippen LogP contribution in [0.3, 0.4) is 0 Å². The van der Waals surface area contributed by atoms with Gasteiger partial charge in [0.05, 0.1) is 11.4 Å². The molecule has 0 aromatic heterocycles. The average molecular weight is 212 g/mol.